The first kappa shape index (κ1) is 14.4. The third-order valence-electron chi connectivity index (χ3n) is 3.29. The quantitative estimate of drug-likeness (QED) is 0.845. The van der Waals surface area contributed by atoms with Crippen LogP contribution >= 0.6 is 0 Å². The molecule has 108 valence electrons. The van der Waals surface area contributed by atoms with Gasteiger partial charge in [-0.05, 0) is 24.6 Å². The van der Waals surface area contributed by atoms with E-state index in [4.69, 9.17) is 14.3 Å². The van der Waals surface area contributed by atoms with E-state index in [9.17, 15) is 4.79 Å². The number of amides is 1. The van der Waals surface area contributed by atoms with Gasteiger partial charge in [-0.3, -0.25) is 4.79 Å². The molecule has 0 spiro atoms. The van der Waals surface area contributed by atoms with E-state index >= 15 is 0 Å². The van der Waals surface area contributed by atoms with Gasteiger partial charge in [0.15, 0.2) is 0 Å². The van der Waals surface area contributed by atoms with Gasteiger partial charge in [-0.1, -0.05) is 6.92 Å². The molecule has 1 unspecified atom stereocenters. The number of carbonyl (C=O) groups excluding carboxylic acids is 1. The molecule has 2 aromatic rings. The third-order valence-corrected chi connectivity index (χ3v) is 3.29. The minimum absolute atomic E-state index is 0.0534. The van der Waals surface area contributed by atoms with Gasteiger partial charge in [0.1, 0.15) is 11.3 Å². The van der Waals surface area contributed by atoms with Crippen LogP contribution < -0.4 is 10.1 Å². The molecule has 0 fully saturated rings. The fourth-order valence-electron chi connectivity index (χ4n) is 2.05. The van der Waals surface area contributed by atoms with Gasteiger partial charge in [-0.15, -0.1) is 0 Å². The van der Waals surface area contributed by atoms with Gasteiger partial charge in [0.05, 0.1) is 32.4 Å². The molecule has 0 bridgehead atoms. The Morgan fingerprint density at radius 3 is 2.95 bits per heavy atom. The standard InChI is InChI=1S/C15H19NO4/c1-3-11(8-17)16-15(18)6-10-9-20-14-5-4-12(19-2)7-13(10)14/h4-5,7,9,11,17H,3,6,8H2,1-2H3,(H,16,18). The van der Waals surface area contributed by atoms with Crippen LogP contribution in [0.25, 0.3) is 11.0 Å². The first-order chi connectivity index (χ1) is 9.67. The topological polar surface area (TPSA) is 71.7 Å². The lowest BCUT2D eigenvalue weighted by Gasteiger charge is -2.13. The van der Waals surface area contributed by atoms with Crippen LogP contribution in [0.15, 0.2) is 28.9 Å². The van der Waals surface area contributed by atoms with E-state index in [2.05, 4.69) is 5.32 Å². The van der Waals surface area contributed by atoms with Crippen LogP contribution in [0.4, 0.5) is 0 Å². The van der Waals surface area contributed by atoms with Gasteiger partial charge in [0.2, 0.25) is 5.91 Å². The zero-order valence-corrected chi connectivity index (χ0v) is 11.7. The molecular formula is C15H19NO4. The van der Waals surface area contributed by atoms with Gasteiger partial charge >= 0.3 is 0 Å². The Bertz CT molecular complexity index is 587. The maximum atomic E-state index is 11.9. The highest BCUT2D eigenvalue weighted by Gasteiger charge is 2.14. The molecule has 0 saturated heterocycles. The van der Waals surface area contributed by atoms with E-state index < -0.39 is 0 Å². The SMILES string of the molecule is CCC(CO)NC(=O)Cc1coc2ccc(OC)cc12. The van der Waals surface area contributed by atoms with Crippen molar-refractivity contribution in [1.82, 2.24) is 5.32 Å². The fraction of sp³-hybridized carbons (Fsp3) is 0.400. The fourth-order valence-corrected chi connectivity index (χ4v) is 2.05. The molecule has 1 heterocycles. The molecule has 1 atom stereocenters. The normalized spacial score (nSPS) is 12.3. The van der Waals surface area contributed by atoms with Gasteiger partial charge in [-0.25, -0.2) is 0 Å². The molecule has 2 N–H and O–H groups in total. The average Bonchev–Trinajstić information content (AvgIpc) is 2.86. The van der Waals surface area contributed by atoms with Gasteiger partial charge in [-0.2, -0.15) is 0 Å². The van der Waals surface area contributed by atoms with E-state index in [1.54, 1.807) is 13.4 Å². The van der Waals surface area contributed by atoms with Crippen molar-refractivity contribution in [2.45, 2.75) is 25.8 Å². The summed E-state index contributed by atoms with van der Waals surface area (Å²) < 4.78 is 10.6. The van der Waals surface area contributed by atoms with Crippen molar-refractivity contribution in [2.75, 3.05) is 13.7 Å². The maximum Gasteiger partial charge on any atom is 0.224 e. The Morgan fingerprint density at radius 1 is 1.50 bits per heavy atom. The van der Waals surface area contributed by atoms with Crippen molar-refractivity contribution < 1.29 is 19.1 Å². The number of fused-ring (bicyclic) bond motifs is 1. The number of carbonyl (C=O) groups is 1. The van der Waals surface area contributed by atoms with Gasteiger partial charge in [0, 0.05) is 10.9 Å². The van der Waals surface area contributed by atoms with Crippen LogP contribution in [0, 0.1) is 0 Å². The number of ether oxygens (including phenoxy) is 1. The summed E-state index contributed by atoms with van der Waals surface area (Å²) in [5.41, 5.74) is 1.53. The lowest BCUT2D eigenvalue weighted by atomic mass is 10.1. The lowest BCUT2D eigenvalue weighted by molar-refractivity contribution is -0.121. The van der Waals surface area contributed by atoms with Crippen molar-refractivity contribution in [2.24, 2.45) is 0 Å². The number of furan rings is 1. The van der Waals surface area contributed by atoms with E-state index in [1.807, 2.05) is 25.1 Å². The minimum atomic E-state index is -0.199. The summed E-state index contributed by atoms with van der Waals surface area (Å²) in [6, 6.07) is 5.28. The predicted molar refractivity (Wildman–Crippen MR) is 75.8 cm³/mol. The highest BCUT2D eigenvalue weighted by Crippen LogP contribution is 2.26. The largest absolute Gasteiger partial charge is 0.497 e. The summed E-state index contributed by atoms with van der Waals surface area (Å²) in [7, 11) is 1.60. The van der Waals surface area contributed by atoms with Crippen LogP contribution in [-0.4, -0.2) is 30.8 Å². The number of rotatable bonds is 6. The molecule has 1 amide bonds. The molecule has 0 saturated carbocycles. The molecule has 0 aliphatic rings. The second kappa shape index (κ2) is 6.43. The monoisotopic (exact) mass is 277 g/mol. The highest BCUT2D eigenvalue weighted by molar-refractivity contribution is 5.88. The molecule has 0 aliphatic carbocycles. The van der Waals surface area contributed by atoms with Crippen molar-refractivity contribution in [1.29, 1.82) is 0 Å². The van der Waals surface area contributed by atoms with Gasteiger partial charge in [0.25, 0.3) is 0 Å². The van der Waals surface area contributed by atoms with E-state index in [1.165, 1.54) is 0 Å². The molecule has 0 aliphatic heterocycles. The summed E-state index contributed by atoms with van der Waals surface area (Å²) in [5, 5.41) is 12.7. The van der Waals surface area contributed by atoms with Crippen LogP contribution in [0.2, 0.25) is 0 Å². The molecule has 1 aromatic heterocycles. The molecule has 5 heteroatoms. The van der Waals surface area contributed by atoms with Crippen molar-refractivity contribution in [3.8, 4) is 5.75 Å². The first-order valence-electron chi connectivity index (χ1n) is 6.62. The molecular weight excluding hydrogens is 258 g/mol. The number of aliphatic hydroxyl groups is 1. The highest BCUT2D eigenvalue weighted by atomic mass is 16.5. The zero-order chi connectivity index (χ0) is 14.5. The number of methoxy groups -OCH3 is 1. The van der Waals surface area contributed by atoms with Gasteiger partial charge < -0.3 is 19.6 Å². The Kier molecular flexibility index (Phi) is 4.63. The molecule has 0 radical (unpaired) electrons. The molecule has 1 aromatic carbocycles. The molecule has 5 nitrogen and oxygen atoms in total. The summed E-state index contributed by atoms with van der Waals surface area (Å²) in [6.07, 6.45) is 2.50. The Hall–Kier alpha value is -2.01. The smallest absolute Gasteiger partial charge is 0.224 e. The summed E-state index contributed by atoms with van der Waals surface area (Å²) >= 11 is 0. The number of hydrogen-bond donors (Lipinski definition) is 2. The third kappa shape index (κ3) is 3.11. The number of aliphatic hydroxyl groups excluding tert-OH is 1. The van der Waals surface area contributed by atoms with Crippen LogP contribution in [0.5, 0.6) is 5.75 Å². The molecule has 2 rings (SSSR count). The molecule has 20 heavy (non-hydrogen) atoms. The first-order valence-corrected chi connectivity index (χ1v) is 6.62. The van der Waals surface area contributed by atoms with Crippen LogP contribution in [0.3, 0.4) is 0 Å². The number of hydrogen-bond acceptors (Lipinski definition) is 4. The van der Waals surface area contributed by atoms with Crippen molar-refractivity contribution in [3.63, 3.8) is 0 Å². The van der Waals surface area contributed by atoms with E-state index in [0.717, 1.165) is 22.3 Å². The second-order valence-electron chi connectivity index (χ2n) is 4.66. The Morgan fingerprint density at radius 2 is 2.30 bits per heavy atom. The second-order valence-corrected chi connectivity index (χ2v) is 4.66. The Balaban J connectivity index is 2.15. The summed E-state index contributed by atoms with van der Waals surface area (Å²) in [5.74, 6) is 0.596. The minimum Gasteiger partial charge on any atom is -0.497 e. The number of benzene rings is 1. The lowest BCUT2D eigenvalue weighted by Crippen LogP contribution is -2.37. The predicted octanol–water partition coefficient (Wildman–Crippen LogP) is 1.87. The zero-order valence-electron chi connectivity index (χ0n) is 11.7. The maximum absolute atomic E-state index is 11.9. The van der Waals surface area contributed by atoms with Crippen molar-refractivity contribution in [3.05, 3.63) is 30.0 Å². The van der Waals surface area contributed by atoms with Crippen LogP contribution in [0.1, 0.15) is 18.9 Å². The summed E-state index contributed by atoms with van der Waals surface area (Å²) in [6.45, 7) is 1.86. The summed E-state index contributed by atoms with van der Waals surface area (Å²) in [4.78, 5) is 11.9. The van der Waals surface area contributed by atoms with Crippen molar-refractivity contribution >= 4 is 16.9 Å². The Labute approximate surface area is 117 Å². The number of nitrogens with one attached hydrogen (secondary N) is 1. The van der Waals surface area contributed by atoms with Crippen LogP contribution in [-0.2, 0) is 11.2 Å². The van der Waals surface area contributed by atoms with E-state index in [0.29, 0.717) is 6.42 Å². The average molecular weight is 277 g/mol. The van der Waals surface area contributed by atoms with E-state index in [-0.39, 0.29) is 25.0 Å².